The first-order chi connectivity index (χ1) is 11.1. The highest BCUT2D eigenvalue weighted by atomic mass is 127. The number of aliphatic imine (C=N–C) groups is 1. The molecule has 0 aromatic carbocycles. The second-order valence-corrected chi connectivity index (χ2v) is 6.43. The van der Waals surface area contributed by atoms with Crippen LogP contribution in [0.25, 0.3) is 0 Å². The lowest BCUT2D eigenvalue weighted by Gasteiger charge is -2.24. The molecule has 1 aliphatic heterocycles. The first kappa shape index (κ1) is 21.3. The average molecular weight is 448 g/mol. The van der Waals surface area contributed by atoms with Crippen LogP contribution in [-0.4, -0.2) is 55.5 Å². The highest BCUT2D eigenvalue weighted by molar-refractivity contribution is 14.0. The van der Waals surface area contributed by atoms with E-state index in [4.69, 9.17) is 4.42 Å². The number of nitrogens with zero attached hydrogens (tertiary/aromatic N) is 3. The molecule has 5 nitrogen and oxygen atoms in total. The van der Waals surface area contributed by atoms with Gasteiger partial charge in [0.15, 0.2) is 5.96 Å². The fourth-order valence-corrected chi connectivity index (χ4v) is 3.39. The summed E-state index contributed by atoms with van der Waals surface area (Å²) in [7, 11) is 1.87. The molecule has 1 aliphatic rings. The minimum absolute atomic E-state index is 0. The van der Waals surface area contributed by atoms with Crippen molar-refractivity contribution in [1.29, 1.82) is 0 Å². The first-order valence-electron chi connectivity index (χ1n) is 8.81. The molecule has 0 amide bonds. The van der Waals surface area contributed by atoms with Crippen LogP contribution in [0.15, 0.2) is 15.5 Å². The Hall–Kier alpha value is -0.760. The topological polar surface area (TPSA) is 44.0 Å². The molecule has 138 valence electrons. The van der Waals surface area contributed by atoms with Gasteiger partial charge in [-0.25, -0.2) is 0 Å². The van der Waals surface area contributed by atoms with Crippen LogP contribution >= 0.6 is 24.0 Å². The maximum atomic E-state index is 5.59. The van der Waals surface area contributed by atoms with Crippen LogP contribution in [0.3, 0.4) is 0 Å². The number of hydrogen-bond acceptors (Lipinski definition) is 3. The normalized spacial score (nSPS) is 18.2. The van der Waals surface area contributed by atoms with Crippen molar-refractivity contribution in [3.05, 3.63) is 23.2 Å². The number of hydrogen-bond donors (Lipinski definition) is 1. The lowest BCUT2D eigenvalue weighted by atomic mass is 10.1. The molecule has 0 saturated carbocycles. The van der Waals surface area contributed by atoms with Gasteiger partial charge >= 0.3 is 0 Å². The Kier molecular flexibility index (Phi) is 9.12. The molecule has 1 aromatic heterocycles. The van der Waals surface area contributed by atoms with E-state index in [2.05, 4.69) is 40.0 Å². The smallest absolute Gasteiger partial charge is 0.193 e. The monoisotopic (exact) mass is 448 g/mol. The summed E-state index contributed by atoms with van der Waals surface area (Å²) in [6.45, 7) is 14.9. The molecule has 0 radical (unpaired) electrons. The molecular weight excluding hydrogens is 415 g/mol. The van der Waals surface area contributed by atoms with Gasteiger partial charge in [-0.15, -0.1) is 24.0 Å². The lowest BCUT2D eigenvalue weighted by Crippen LogP contribution is -2.40. The summed E-state index contributed by atoms with van der Waals surface area (Å²) in [5.41, 5.74) is 1.21. The van der Waals surface area contributed by atoms with E-state index in [-0.39, 0.29) is 24.0 Å². The van der Waals surface area contributed by atoms with E-state index in [1.807, 2.05) is 20.9 Å². The van der Waals surface area contributed by atoms with E-state index >= 15 is 0 Å². The summed E-state index contributed by atoms with van der Waals surface area (Å²) in [4.78, 5) is 9.36. The molecule has 1 N–H and O–H groups in total. The number of halogens is 1. The SMILES string of the molecule is CCN(CC)CC1CCN(C(=NC)NCc2cc(C)oc2C)C1.I. The minimum Gasteiger partial charge on any atom is -0.466 e. The highest BCUT2D eigenvalue weighted by Gasteiger charge is 2.26. The van der Waals surface area contributed by atoms with Gasteiger partial charge in [-0.1, -0.05) is 13.8 Å². The number of rotatable bonds is 6. The Balaban J connectivity index is 0.00000288. The Labute approximate surface area is 163 Å². The van der Waals surface area contributed by atoms with Crippen LogP contribution < -0.4 is 5.32 Å². The van der Waals surface area contributed by atoms with Crippen molar-refractivity contribution in [3.63, 3.8) is 0 Å². The summed E-state index contributed by atoms with van der Waals surface area (Å²) in [5, 5.41) is 3.49. The molecule has 0 aliphatic carbocycles. The Morgan fingerprint density at radius 3 is 2.62 bits per heavy atom. The Bertz CT molecular complexity index is 525. The summed E-state index contributed by atoms with van der Waals surface area (Å²) in [6, 6.07) is 2.10. The van der Waals surface area contributed by atoms with Gasteiger partial charge in [0.05, 0.1) is 0 Å². The standard InChI is InChI=1S/C18H32N4O.HI/c1-6-21(7-2)12-16-8-9-22(13-16)18(19-5)20-11-17-10-14(3)23-15(17)4;/h10,16H,6-9,11-13H2,1-5H3,(H,19,20);1H. The summed E-state index contributed by atoms with van der Waals surface area (Å²) in [5.74, 6) is 3.71. The summed E-state index contributed by atoms with van der Waals surface area (Å²) in [6.07, 6.45) is 1.25. The van der Waals surface area contributed by atoms with Gasteiger partial charge in [0.2, 0.25) is 0 Å². The van der Waals surface area contributed by atoms with Crippen LogP contribution in [-0.2, 0) is 6.54 Å². The second kappa shape index (κ2) is 10.3. The van der Waals surface area contributed by atoms with Crippen LogP contribution in [0.1, 0.15) is 37.4 Å². The Morgan fingerprint density at radius 2 is 2.08 bits per heavy atom. The molecule has 1 atom stereocenters. The van der Waals surface area contributed by atoms with Crippen LogP contribution in [0.2, 0.25) is 0 Å². The average Bonchev–Trinajstić information content (AvgIpc) is 3.12. The van der Waals surface area contributed by atoms with Crippen molar-refractivity contribution in [1.82, 2.24) is 15.1 Å². The maximum Gasteiger partial charge on any atom is 0.193 e. The molecule has 2 heterocycles. The van der Waals surface area contributed by atoms with Crippen LogP contribution in [0.4, 0.5) is 0 Å². The number of furan rings is 1. The van der Waals surface area contributed by atoms with Crippen molar-refractivity contribution in [2.45, 2.75) is 40.7 Å². The summed E-state index contributed by atoms with van der Waals surface area (Å²) >= 11 is 0. The minimum atomic E-state index is 0. The zero-order valence-corrected chi connectivity index (χ0v) is 18.1. The molecule has 0 bridgehead atoms. The second-order valence-electron chi connectivity index (χ2n) is 6.43. The molecule has 2 rings (SSSR count). The third-order valence-corrected chi connectivity index (χ3v) is 4.79. The van der Waals surface area contributed by atoms with Crippen molar-refractivity contribution < 1.29 is 4.42 Å². The molecule has 24 heavy (non-hydrogen) atoms. The van der Waals surface area contributed by atoms with Gasteiger partial charge in [-0.2, -0.15) is 0 Å². The van der Waals surface area contributed by atoms with Gasteiger partial charge in [-0.3, -0.25) is 4.99 Å². The maximum absolute atomic E-state index is 5.59. The lowest BCUT2D eigenvalue weighted by molar-refractivity contribution is 0.255. The quantitative estimate of drug-likeness (QED) is 0.412. The zero-order valence-electron chi connectivity index (χ0n) is 15.8. The van der Waals surface area contributed by atoms with Gasteiger partial charge < -0.3 is 19.5 Å². The predicted molar refractivity (Wildman–Crippen MR) is 111 cm³/mol. The van der Waals surface area contributed by atoms with E-state index in [9.17, 15) is 0 Å². The van der Waals surface area contributed by atoms with Gasteiger partial charge in [0.1, 0.15) is 11.5 Å². The van der Waals surface area contributed by atoms with Crippen molar-refractivity contribution in [2.75, 3.05) is 39.8 Å². The first-order valence-corrected chi connectivity index (χ1v) is 8.81. The predicted octanol–water partition coefficient (Wildman–Crippen LogP) is 3.25. The van der Waals surface area contributed by atoms with Crippen LogP contribution in [0, 0.1) is 19.8 Å². The fourth-order valence-electron chi connectivity index (χ4n) is 3.39. The molecular formula is C18H33IN4O. The number of aryl methyl sites for hydroxylation is 2. The largest absolute Gasteiger partial charge is 0.466 e. The summed E-state index contributed by atoms with van der Waals surface area (Å²) < 4.78 is 5.59. The van der Waals surface area contributed by atoms with E-state index in [1.165, 1.54) is 18.5 Å². The Morgan fingerprint density at radius 1 is 1.38 bits per heavy atom. The van der Waals surface area contributed by atoms with E-state index < -0.39 is 0 Å². The van der Waals surface area contributed by atoms with Crippen molar-refractivity contribution in [2.24, 2.45) is 10.9 Å². The van der Waals surface area contributed by atoms with Crippen LogP contribution in [0.5, 0.6) is 0 Å². The van der Waals surface area contributed by atoms with Gasteiger partial charge in [-0.05, 0) is 45.3 Å². The third kappa shape index (κ3) is 5.65. The number of nitrogens with one attached hydrogen (secondary N) is 1. The highest BCUT2D eigenvalue weighted by Crippen LogP contribution is 2.18. The molecule has 1 saturated heterocycles. The zero-order chi connectivity index (χ0) is 16.8. The van der Waals surface area contributed by atoms with E-state index in [1.54, 1.807) is 0 Å². The van der Waals surface area contributed by atoms with Gasteiger partial charge in [0, 0.05) is 38.8 Å². The fraction of sp³-hybridized carbons (Fsp3) is 0.722. The van der Waals surface area contributed by atoms with Crippen molar-refractivity contribution >= 4 is 29.9 Å². The molecule has 1 unspecified atom stereocenters. The molecule has 6 heteroatoms. The third-order valence-electron chi connectivity index (χ3n) is 4.79. The molecule has 0 spiro atoms. The van der Waals surface area contributed by atoms with E-state index in [0.717, 1.165) is 56.1 Å². The van der Waals surface area contributed by atoms with E-state index in [0.29, 0.717) is 0 Å². The number of likely N-dealkylation sites (tertiary alicyclic amines) is 1. The van der Waals surface area contributed by atoms with Crippen molar-refractivity contribution in [3.8, 4) is 0 Å². The molecule has 1 fully saturated rings. The number of guanidine groups is 1. The molecule has 1 aromatic rings. The van der Waals surface area contributed by atoms with Gasteiger partial charge in [0.25, 0.3) is 0 Å².